The molecule has 0 aromatic heterocycles. The van der Waals surface area contributed by atoms with Crippen LogP contribution in [0.4, 0.5) is 5.69 Å². The number of amides is 1. The second-order valence-electron chi connectivity index (χ2n) is 5.73. The molecule has 23 heavy (non-hydrogen) atoms. The molecule has 0 unspecified atom stereocenters. The SMILES string of the molecule is Cc1ccc(S(=O)(=O)Nc2ccc3c(c2)C(=O)NCC3)cc1C. The number of aryl methyl sites for hydroxylation is 2. The molecule has 0 radical (unpaired) electrons. The van der Waals surface area contributed by atoms with E-state index in [1.54, 1.807) is 36.4 Å². The third-order valence-electron chi connectivity index (χ3n) is 4.08. The number of sulfonamides is 1. The van der Waals surface area contributed by atoms with Crippen LogP contribution in [-0.4, -0.2) is 20.9 Å². The molecule has 1 aliphatic rings. The number of anilines is 1. The number of carbonyl (C=O) groups excluding carboxylic acids is 1. The van der Waals surface area contributed by atoms with Crippen molar-refractivity contribution in [3.8, 4) is 0 Å². The third-order valence-corrected chi connectivity index (χ3v) is 5.45. The van der Waals surface area contributed by atoms with Gasteiger partial charge in [-0.2, -0.15) is 0 Å². The normalized spacial score (nSPS) is 14.1. The second-order valence-corrected chi connectivity index (χ2v) is 7.41. The van der Waals surface area contributed by atoms with E-state index in [-0.39, 0.29) is 10.8 Å². The van der Waals surface area contributed by atoms with Gasteiger partial charge in [0.1, 0.15) is 0 Å². The van der Waals surface area contributed by atoms with Crippen LogP contribution < -0.4 is 10.0 Å². The van der Waals surface area contributed by atoms with E-state index in [0.717, 1.165) is 23.1 Å². The Morgan fingerprint density at radius 3 is 2.57 bits per heavy atom. The van der Waals surface area contributed by atoms with Gasteiger partial charge in [-0.3, -0.25) is 9.52 Å². The van der Waals surface area contributed by atoms with Crippen molar-refractivity contribution in [3.63, 3.8) is 0 Å². The Morgan fingerprint density at radius 2 is 1.83 bits per heavy atom. The van der Waals surface area contributed by atoms with E-state index in [9.17, 15) is 13.2 Å². The summed E-state index contributed by atoms with van der Waals surface area (Å²) >= 11 is 0. The van der Waals surface area contributed by atoms with E-state index in [1.165, 1.54) is 0 Å². The van der Waals surface area contributed by atoms with Crippen molar-refractivity contribution in [2.24, 2.45) is 0 Å². The molecular formula is C17H18N2O3S. The van der Waals surface area contributed by atoms with Gasteiger partial charge in [0.2, 0.25) is 0 Å². The molecule has 2 aromatic rings. The van der Waals surface area contributed by atoms with Crippen LogP contribution in [0.2, 0.25) is 0 Å². The maximum absolute atomic E-state index is 12.5. The molecule has 6 heteroatoms. The van der Waals surface area contributed by atoms with Gasteiger partial charge < -0.3 is 5.32 Å². The molecule has 0 saturated heterocycles. The number of nitrogens with one attached hydrogen (secondary N) is 2. The molecule has 0 fully saturated rings. The van der Waals surface area contributed by atoms with Crippen molar-refractivity contribution in [3.05, 3.63) is 58.7 Å². The molecule has 1 amide bonds. The van der Waals surface area contributed by atoms with Crippen LogP contribution in [-0.2, 0) is 16.4 Å². The standard InChI is InChI=1S/C17H18N2O3S/c1-11-3-6-15(9-12(11)2)23(21,22)19-14-5-4-13-7-8-18-17(20)16(13)10-14/h3-6,9-10,19H,7-8H2,1-2H3,(H,18,20). The maximum atomic E-state index is 12.5. The van der Waals surface area contributed by atoms with E-state index in [0.29, 0.717) is 17.8 Å². The summed E-state index contributed by atoms with van der Waals surface area (Å²) in [5.74, 6) is -0.168. The zero-order chi connectivity index (χ0) is 16.6. The van der Waals surface area contributed by atoms with Crippen LogP contribution in [0.1, 0.15) is 27.0 Å². The van der Waals surface area contributed by atoms with E-state index in [2.05, 4.69) is 10.0 Å². The van der Waals surface area contributed by atoms with Gasteiger partial charge in [-0.05, 0) is 61.2 Å². The van der Waals surface area contributed by atoms with Gasteiger partial charge in [0.25, 0.3) is 15.9 Å². The molecule has 0 aliphatic carbocycles. The average Bonchev–Trinajstić information content (AvgIpc) is 2.50. The van der Waals surface area contributed by atoms with Gasteiger partial charge in [0.15, 0.2) is 0 Å². The highest BCUT2D eigenvalue weighted by atomic mass is 32.2. The lowest BCUT2D eigenvalue weighted by Gasteiger charge is -2.17. The van der Waals surface area contributed by atoms with Crippen LogP contribution >= 0.6 is 0 Å². The minimum atomic E-state index is -3.68. The first-order valence-electron chi connectivity index (χ1n) is 7.38. The maximum Gasteiger partial charge on any atom is 0.261 e. The number of benzene rings is 2. The first kappa shape index (κ1) is 15.6. The smallest absolute Gasteiger partial charge is 0.261 e. The van der Waals surface area contributed by atoms with Crippen LogP contribution in [0.3, 0.4) is 0 Å². The van der Waals surface area contributed by atoms with Crippen molar-refractivity contribution in [1.82, 2.24) is 5.32 Å². The molecule has 1 heterocycles. The van der Waals surface area contributed by atoms with Crippen LogP contribution in [0, 0.1) is 13.8 Å². The highest BCUT2D eigenvalue weighted by molar-refractivity contribution is 7.92. The summed E-state index contributed by atoms with van der Waals surface area (Å²) in [6.07, 6.45) is 0.755. The Hall–Kier alpha value is -2.34. The highest BCUT2D eigenvalue weighted by Crippen LogP contribution is 2.22. The number of hydrogen-bond donors (Lipinski definition) is 2. The Bertz CT molecular complexity index is 889. The summed E-state index contributed by atoms with van der Waals surface area (Å²) in [7, 11) is -3.68. The topological polar surface area (TPSA) is 75.3 Å². The minimum Gasteiger partial charge on any atom is -0.352 e. The van der Waals surface area contributed by atoms with Crippen LogP contribution in [0.5, 0.6) is 0 Å². The van der Waals surface area contributed by atoms with E-state index in [1.807, 2.05) is 13.8 Å². The quantitative estimate of drug-likeness (QED) is 0.907. The molecule has 0 spiro atoms. The van der Waals surface area contributed by atoms with Crippen molar-refractivity contribution >= 4 is 21.6 Å². The molecule has 1 aliphatic heterocycles. The number of rotatable bonds is 3. The number of carbonyl (C=O) groups is 1. The zero-order valence-corrected chi connectivity index (χ0v) is 13.8. The molecule has 5 nitrogen and oxygen atoms in total. The van der Waals surface area contributed by atoms with Gasteiger partial charge in [0.05, 0.1) is 4.90 Å². The third kappa shape index (κ3) is 3.07. The molecule has 0 atom stereocenters. The summed E-state index contributed by atoms with van der Waals surface area (Å²) < 4.78 is 27.6. The summed E-state index contributed by atoms with van der Waals surface area (Å²) in [5, 5.41) is 2.76. The van der Waals surface area contributed by atoms with Crippen molar-refractivity contribution in [2.45, 2.75) is 25.2 Å². The minimum absolute atomic E-state index is 0.168. The molecular weight excluding hydrogens is 312 g/mol. The second kappa shape index (κ2) is 5.70. The summed E-state index contributed by atoms with van der Waals surface area (Å²) in [5.41, 5.74) is 3.80. The Kier molecular flexibility index (Phi) is 3.85. The van der Waals surface area contributed by atoms with E-state index >= 15 is 0 Å². The Labute approximate surface area is 135 Å². The largest absolute Gasteiger partial charge is 0.352 e. The van der Waals surface area contributed by atoms with Gasteiger partial charge >= 0.3 is 0 Å². The van der Waals surface area contributed by atoms with E-state index in [4.69, 9.17) is 0 Å². The van der Waals surface area contributed by atoms with Crippen molar-refractivity contribution in [2.75, 3.05) is 11.3 Å². The van der Waals surface area contributed by atoms with Gasteiger partial charge in [-0.25, -0.2) is 8.42 Å². The average molecular weight is 330 g/mol. The van der Waals surface area contributed by atoms with Gasteiger partial charge in [-0.1, -0.05) is 12.1 Å². The van der Waals surface area contributed by atoms with Crippen LogP contribution in [0.15, 0.2) is 41.3 Å². The monoisotopic (exact) mass is 330 g/mol. The molecule has 2 aromatic carbocycles. The van der Waals surface area contributed by atoms with Gasteiger partial charge in [0, 0.05) is 17.8 Å². The lowest BCUT2D eigenvalue weighted by atomic mass is 10.00. The predicted molar refractivity (Wildman–Crippen MR) is 89.2 cm³/mol. The fourth-order valence-corrected chi connectivity index (χ4v) is 3.70. The lowest BCUT2D eigenvalue weighted by molar-refractivity contribution is 0.0946. The van der Waals surface area contributed by atoms with Crippen LogP contribution in [0.25, 0.3) is 0 Å². The predicted octanol–water partition coefficient (Wildman–Crippen LogP) is 2.39. The fourth-order valence-electron chi connectivity index (χ4n) is 2.57. The molecule has 3 rings (SSSR count). The number of hydrogen-bond acceptors (Lipinski definition) is 3. The van der Waals surface area contributed by atoms with Crippen molar-refractivity contribution in [1.29, 1.82) is 0 Å². The Balaban J connectivity index is 1.93. The van der Waals surface area contributed by atoms with Gasteiger partial charge in [-0.15, -0.1) is 0 Å². The Morgan fingerprint density at radius 1 is 1.04 bits per heavy atom. The first-order chi connectivity index (χ1) is 10.9. The molecule has 2 N–H and O–H groups in total. The summed E-state index contributed by atoms with van der Waals surface area (Å²) in [6.45, 7) is 4.42. The lowest BCUT2D eigenvalue weighted by Crippen LogP contribution is -2.31. The fraction of sp³-hybridized carbons (Fsp3) is 0.235. The van der Waals surface area contributed by atoms with Crippen molar-refractivity contribution < 1.29 is 13.2 Å². The highest BCUT2D eigenvalue weighted by Gasteiger charge is 2.19. The molecule has 120 valence electrons. The zero-order valence-electron chi connectivity index (χ0n) is 13.0. The summed E-state index contributed by atoms with van der Waals surface area (Å²) in [6, 6.07) is 10.1. The molecule has 0 saturated carbocycles. The first-order valence-corrected chi connectivity index (χ1v) is 8.86. The van der Waals surface area contributed by atoms with E-state index < -0.39 is 10.0 Å². The summed E-state index contributed by atoms with van der Waals surface area (Å²) in [4.78, 5) is 12.1. The molecule has 0 bridgehead atoms. The number of fused-ring (bicyclic) bond motifs is 1.